The van der Waals surface area contributed by atoms with Crippen molar-refractivity contribution in [1.29, 1.82) is 0 Å². The first-order valence-electron chi connectivity index (χ1n) is 6.65. The molecule has 102 valence electrons. The number of ether oxygens (including phenoxy) is 1. The highest BCUT2D eigenvalue weighted by Crippen LogP contribution is 2.18. The Hall–Kier alpha value is -1.39. The second kappa shape index (κ2) is 7.26. The van der Waals surface area contributed by atoms with E-state index in [0.29, 0.717) is 12.6 Å². The molecule has 0 aliphatic heterocycles. The predicted octanol–water partition coefficient (Wildman–Crippen LogP) is 3.78. The average Bonchev–Trinajstić information content (AvgIpc) is 2.92. The van der Waals surface area contributed by atoms with Crippen LogP contribution >= 0.6 is 11.3 Å². The molecule has 3 nitrogen and oxygen atoms in total. The van der Waals surface area contributed by atoms with E-state index in [-0.39, 0.29) is 0 Å². The third-order valence-electron chi connectivity index (χ3n) is 2.82. The minimum atomic E-state index is 0.307. The predicted molar refractivity (Wildman–Crippen MR) is 79.6 cm³/mol. The number of hydrogen-bond donors (Lipinski definition) is 1. The SMILES string of the molecule is CCCNC(C)c1csc(COc2ccccc2)n1. The van der Waals surface area contributed by atoms with Crippen molar-refractivity contribution in [3.05, 3.63) is 46.4 Å². The van der Waals surface area contributed by atoms with Gasteiger partial charge in [-0.15, -0.1) is 11.3 Å². The lowest BCUT2D eigenvalue weighted by Crippen LogP contribution is -2.19. The number of nitrogens with one attached hydrogen (secondary N) is 1. The molecule has 0 saturated heterocycles. The highest BCUT2D eigenvalue weighted by Gasteiger charge is 2.09. The fraction of sp³-hybridized carbons (Fsp3) is 0.400. The van der Waals surface area contributed by atoms with E-state index in [9.17, 15) is 0 Å². The molecule has 1 unspecified atom stereocenters. The Labute approximate surface area is 118 Å². The van der Waals surface area contributed by atoms with Crippen molar-refractivity contribution in [3.63, 3.8) is 0 Å². The molecule has 1 aromatic heterocycles. The Balaban J connectivity index is 1.87. The number of para-hydroxylation sites is 1. The summed E-state index contributed by atoms with van der Waals surface area (Å²) < 4.78 is 5.69. The molecular weight excluding hydrogens is 256 g/mol. The van der Waals surface area contributed by atoms with Gasteiger partial charge in [-0.2, -0.15) is 0 Å². The van der Waals surface area contributed by atoms with Crippen molar-refractivity contribution in [2.45, 2.75) is 32.9 Å². The zero-order valence-corrected chi connectivity index (χ0v) is 12.2. The minimum absolute atomic E-state index is 0.307. The van der Waals surface area contributed by atoms with Crippen LogP contribution in [-0.2, 0) is 6.61 Å². The van der Waals surface area contributed by atoms with Gasteiger partial charge in [0.15, 0.2) is 0 Å². The van der Waals surface area contributed by atoms with Crippen LogP contribution in [0.1, 0.15) is 37.0 Å². The summed E-state index contributed by atoms with van der Waals surface area (Å²) in [5.41, 5.74) is 1.10. The van der Waals surface area contributed by atoms with Crippen LogP contribution in [-0.4, -0.2) is 11.5 Å². The van der Waals surface area contributed by atoms with Gasteiger partial charge in [-0.25, -0.2) is 4.98 Å². The van der Waals surface area contributed by atoms with Gasteiger partial charge in [0.2, 0.25) is 0 Å². The fourth-order valence-corrected chi connectivity index (χ4v) is 2.52. The molecule has 0 spiro atoms. The highest BCUT2D eigenvalue weighted by molar-refractivity contribution is 7.09. The van der Waals surface area contributed by atoms with Crippen molar-refractivity contribution in [2.24, 2.45) is 0 Å². The summed E-state index contributed by atoms with van der Waals surface area (Å²) in [6, 6.07) is 10.1. The van der Waals surface area contributed by atoms with Gasteiger partial charge in [0.1, 0.15) is 17.4 Å². The molecule has 1 heterocycles. The summed E-state index contributed by atoms with van der Waals surface area (Å²) in [5, 5.41) is 6.56. The second-order valence-corrected chi connectivity index (χ2v) is 5.39. The molecule has 0 bridgehead atoms. The average molecular weight is 276 g/mol. The van der Waals surface area contributed by atoms with E-state index in [4.69, 9.17) is 4.74 Å². The molecule has 4 heteroatoms. The van der Waals surface area contributed by atoms with Crippen LogP contribution in [0, 0.1) is 0 Å². The molecule has 1 atom stereocenters. The fourth-order valence-electron chi connectivity index (χ4n) is 1.72. The Kier molecular flexibility index (Phi) is 5.36. The van der Waals surface area contributed by atoms with Crippen LogP contribution in [0.5, 0.6) is 5.75 Å². The first-order chi connectivity index (χ1) is 9.29. The van der Waals surface area contributed by atoms with Gasteiger partial charge >= 0.3 is 0 Å². The van der Waals surface area contributed by atoms with Crippen LogP contribution in [0.15, 0.2) is 35.7 Å². The standard InChI is InChI=1S/C15H20N2OS/c1-3-9-16-12(2)14-11-19-15(17-14)10-18-13-7-5-4-6-8-13/h4-8,11-12,16H,3,9-10H2,1-2H3. The molecule has 1 N–H and O–H groups in total. The van der Waals surface area contributed by atoms with Gasteiger partial charge in [-0.3, -0.25) is 0 Å². The van der Waals surface area contributed by atoms with E-state index in [1.54, 1.807) is 11.3 Å². The Bertz CT molecular complexity index is 484. The van der Waals surface area contributed by atoms with Crippen LogP contribution in [0.2, 0.25) is 0 Å². The molecule has 0 aliphatic rings. The summed E-state index contributed by atoms with van der Waals surface area (Å²) in [7, 11) is 0. The molecule has 1 aromatic carbocycles. The lowest BCUT2D eigenvalue weighted by atomic mass is 10.2. The summed E-state index contributed by atoms with van der Waals surface area (Å²) in [6.07, 6.45) is 1.14. The monoisotopic (exact) mass is 276 g/mol. The molecule has 2 aromatic rings. The molecule has 19 heavy (non-hydrogen) atoms. The Morgan fingerprint density at radius 3 is 2.84 bits per heavy atom. The van der Waals surface area contributed by atoms with E-state index in [1.165, 1.54) is 0 Å². The summed E-state index contributed by atoms with van der Waals surface area (Å²) in [4.78, 5) is 4.61. The Morgan fingerprint density at radius 1 is 1.32 bits per heavy atom. The van der Waals surface area contributed by atoms with Crippen LogP contribution in [0.25, 0.3) is 0 Å². The molecule has 0 aliphatic carbocycles. The number of hydrogen-bond acceptors (Lipinski definition) is 4. The third kappa shape index (κ3) is 4.33. The third-order valence-corrected chi connectivity index (χ3v) is 3.66. The van der Waals surface area contributed by atoms with E-state index >= 15 is 0 Å². The van der Waals surface area contributed by atoms with Crippen molar-refractivity contribution >= 4 is 11.3 Å². The van der Waals surface area contributed by atoms with Gasteiger partial charge in [0, 0.05) is 11.4 Å². The number of aromatic nitrogens is 1. The normalized spacial score (nSPS) is 12.3. The Morgan fingerprint density at radius 2 is 2.11 bits per heavy atom. The van der Waals surface area contributed by atoms with Crippen LogP contribution in [0.4, 0.5) is 0 Å². The van der Waals surface area contributed by atoms with Gasteiger partial charge < -0.3 is 10.1 Å². The number of thiazole rings is 1. The highest BCUT2D eigenvalue weighted by atomic mass is 32.1. The number of nitrogens with zero attached hydrogens (tertiary/aromatic N) is 1. The van der Waals surface area contributed by atoms with E-state index in [1.807, 2.05) is 30.3 Å². The minimum Gasteiger partial charge on any atom is -0.486 e. The van der Waals surface area contributed by atoms with E-state index in [0.717, 1.165) is 29.4 Å². The van der Waals surface area contributed by atoms with Crippen molar-refractivity contribution < 1.29 is 4.74 Å². The number of rotatable bonds is 7. The lowest BCUT2D eigenvalue weighted by Gasteiger charge is -2.09. The molecule has 2 rings (SSSR count). The lowest BCUT2D eigenvalue weighted by molar-refractivity contribution is 0.305. The van der Waals surface area contributed by atoms with Gasteiger partial charge in [-0.1, -0.05) is 25.1 Å². The van der Waals surface area contributed by atoms with Gasteiger partial charge in [-0.05, 0) is 32.0 Å². The molecule has 0 fully saturated rings. The van der Waals surface area contributed by atoms with Crippen LogP contribution < -0.4 is 10.1 Å². The second-order valence-electron chi connectivity index (χ2n) is 4.44. The number of benzene rings is 1. The molecular formula is C15H20N2OS. The van der Waals surface area contributed by atoms with E-state index < -0.39 is 0 Å². The zero-order chi connectivity index (χ0) is 13.5. The van der Waals surface area contributed by atoms with Crippen LogP contribution in [0.3, 0.4) is 0 Å². The topological polar surface area (TPSA) is 34.1 Å². The quantitative estimate of drug-likeness (QED) is 0.835. The van der Waals surface area contributed by atoms with Gasteiger partial charge in [0.25, 0.3) is 0 Å². The maximum Gasteiger partial charge on any atom is 0.140 e. The first kappa shape index (κ1) is 14.0. The molecule has 0 saturated carbocycles. The molecule has 0 radical (unpaired) electrons. The summed E-state index contributed by atoms with van der Waals surface area (Å²) in [5.74, 6) is 0.886. The van der Waals surface area contributed by atoms with Crippen molar-refractivity contribution in [1.82, 2.24) is 10.3 Å². The maximum absolute atomic E-state index is 5.69. The summed E-state index contributed by atoms with van der Waals surface area (Å²) in [6.45, 7) is 5.87. The summed E-state index contributed by atoms with van der Waals surface area (Å²) >= 11 is 1.65. The zero-order valence-electron chi connectivity index (χ0n) is 11.4. The maximum atomic E-state index is 5.69. The van der Waals surface area contributed by atoms with Crippen molar-refractivity contribution in [3.8, 4) is 5.75 Å². The van der Waals surface area contributed by atoms with Gasteiger partial charge in [0.05, 0.1) is 5.69 Å². The molecule has 0 amide bonds. The largest absolute Gasteiger partial charge is 0.486 e. The van der Waals surface area contributed by atoms with E-state index in [2.05, 4.69) is 29.5 Å². The van der Waals surface area contributed by atoms with Crippen molar-refractivity contribution in [2.75, 3.05) is 6.54 Å². The smallest absolute Gasteiger partial charge is 0.140 e. The first-order valence-corrected chi connectivity index (χ1v) is 7.53.